The highest BCUT2D eigenvalue weighted by molar-refractivity contribution is 5.64. The first-order valence-electron chi connectivity index (χ1n) is 9.88. The summed E-state index contributed by atoms with van der Waals surface area (Å²) in [7, 11) is 0. The molecule has 3 aromatic rings. The summed E-state index contributed by atoms with van der Waals surface area (Å²) in [4.78, 5) is 7.39. The van der Waals surface area contributed by atoms with E-state index in [0.717, 1.165) is 43.2 Å². The minimum Gasteiger partial charge on any atom is -0.487 e. The average molecular weight is 370 g/mol. The van der Waals surface area contributed by atoms with Crippen molar-refractivity contribution in [3.63, 3.8) is 0 Å². The van der Waals surface area contributed by atoms with Crippen molar-refractivity contribution in [3.05, 3.63) is 101 Å². The van der Waals surface area contributed by atoms with Crippen LogP contribution >= 0.6 is 0 Å². The predicted molar refractivity (Wildman–Crippen MR) is 114 cm³/mol. The molecule has 0 N–H and O–H groups in total. The summed E-state index contributed by atoms with van der Waals surface area (Å²) in [5.41, 5.74) is 5.96. The van der Waals surface area contributed by atoms with Crippen molar-refractivity contribution in [1.82, 2.24) is 9.88 Å². The minimum absolute atomic E-state index is 0.497. The highest BCUT2D eigenvalue weighted by Crippen LogP contribution is 2.23. The Morgan fingerprint density at radius 3 is 2.39 bits per heavy atom. The minimum atomic E-state index is 0.497. The number of hydrogen-bond donors (Lipinski definition) is 0. The van der Waals surface area contributed by atoms with Gasteiger partial charge < -0.3 is 4.74 Å². The number of pyridine rings is 1. The van der Waals surface area contributed by atoms with Crippen LogP contribution in [0.25, 0.3) is 5.57 Å². The largest absolute Gasteiger partial charge is 0.487 e. The lowest BCUT2D eigenvalue weighted by Crippen LogP contribution is -2.28. The Hall–Kier alpha value is -2.91. The summed E-state index contributed by atoms with van der Waals surface area (Å²) in [6.07, 6.45) is 3.35. The molecule has 0 amide bonds. The molecule has 3 nitrogen and oxygen atoms in total. The van der Waals surface area contributed by atoms with Gasteiger partial charge in [-0.3, -0.25) is 4.90 Å². The molecule has 142 valence electrons. The van der Waals surface area contributed by atoms with E-state index in [2.05, 4.69) is 60.4 Å². The Kier molecular flexibility index (Phi) is 5.83. The molecule has 0 saturated carbocycles. The monoisotopic (exact) mass is 370 g/mol. The lowest BCUT2D eigenvalue weighted by Gasteiger charge is -2.26. The van der Waals surface area contributed by atoms with Crippen molar-refractivity contribution in [2.45, 2.75) is 26.5 Å². The van der Waals surface area contributed by atoms with E-state index in [1.807, 2.05) is 30.3 Å². The quantitative estimate of drug-likeness (QED) is 0.592. The van der Waals surface area contributed by atoms with Gasteiger partial charge in [0.15, 0.2) is 0 Å². The summed E-state index contributed by atoms with van der Waals surface area (Å²) >= 11 is 0. The number of nitrogens with zero attached hydrogens (tertiary/aromatic N) is 2. The van der Waals surface area contributed by atoms with Gasteiger partial charge in [-0.05, 0) is 48.2 Å². The van der Waals surface area contributed by atoms with Crippen LogP contribution in [-0.4, -0.2) is 23.0 Å². The number of rotatable bonds is 6. The fraction of sp³-hybridized carbons (Fsp3) is 0.240. The van der Waals surface area contributed by atoms with Crippen molar-refractivity contribution in [1.29, 1.82) is 0 Å². The van der Waals surface area contributed by atoms with Gasteiger partial charge in [-0.2, -0.15) is 0 Å². The van der Waals surface area contributed by atoms with E-state index in [9.17, 15) is 0 Å². The molecule has 0 aliphatic carbocycles. The number of ether oxygens (including phenoxy) is 1. The van der Waals surface area contributed by atoms with Gasteiger partial charge in [0, 0.05) is 19.6 Å². The standard InChI is InChI=1S/C25H26N2O/c1-20-12-13-24(26-25(20)19-28-23-10-6-3-7-11-23)22-14-16-27(17-15-22)18-21-8-4-2-5-9-21/h2-14H,15-19H2,1H3. The van der Waals surface area contributed by atoms with E-state index in [1.54, 1.807) is 0 Å². The molecule has 28 heavy (non-hydrogen) atoms. The van der Waals surface area contributed by atoms with Crippen molar-refractivity contribution >= 4 is 5.57 Å². The van der Waals surface area contributed by atoms with E-state index in [-0.39, 0.29) is 0 Å². The fourth-order valence-electron chi connectivity index (χ4n) is 3.49. The molecule has 4 rings (SSSR count). The maximum Gasteiger partial charge on any atom is 0.130 e. The van der Waals surface area contributed by atoms with Gasteiger partial charge in [-0.15, -0.1) is 0 Å². The van der Waals surface area contributed by atoms with E-state index in [4.69, 9.17) is 9.72 Å². The van der Waals surface area contributed by atoms with Crippen LogP contribution in [0, 0.1) is 6.92 Å². The second-order valence-corrected chi connectivity index (χ2v) is 7.26. The van der Waals surface area contributed by atoms with Crippen LogP contribution in [0.4, 0.5) is 0 Å². The molecule has 0 fully saturated rings. The number of hydrogen-bond acceptors (Lipinski definition) is 3. The fourth-order valence-corrected chi connectivity index (χ4v) is 3.49. The second kappa shape index (κ2) is 8.85. The van der Waals surface area contributed by atoms with E-state index in [0.29, 0.717) is 6.61 Å². The van der Waals surface area contributed by atoms with E-state index >= 15 is 0 Å². The molecule has 2 heterocycles. The van der Waals surface area contributed by atoms with Crippen LogP contribution in [0.1, 0.15) is 28.9 Å². The SMILES string of the molecule is Cc1ccc(C2=CCN(Cc3ccccc3)CC2)nc1COc1ccccc1. The average Bonchev–Trinajstić information content (AvgIpc) is 2.75. The van der Waals surface area contributed by atoms with Crippen molar-refractivity contribution in [3.8, 4) is 5.75 Å². The topological polar surface area (TPSA) is 25.4 Å². The molecule has 0 spiro atoms. The molecule has 0 atom stereocenters. The van der Waals surface area contributed by atoms with Crippen LogP contribution in [0.2, 0.25) is 0 Å². The van der Waals surface area contributed by atoms with Crippen LogP contribution < -0.4 is 4.74 Å². The first-order chi connectivity index (χ1) is 13.8. The van der Waals surface area contributed by atoms with Gasteiger partial charge in [0.2, 0.25) is 0 Å². The third kappa shape index (κ3) is 4.68. The molecule has 1 aliphatic heterocycles. The summed E-state index contributed by atoms with van der Waals surface area (Å²) < 4.78 is 5.91. The summed E-state index contributed by atoms with van der Waals surface area (Å²) in [5, 5.41) is 0. The molecule has 0 saturated heterocycles. The van der Waals surface area contributed by atoms with Crippen LogP contribution in [0.15, 0.2) is 78.9 Å². The molecule has 0 bridgehead atoms. The highest BCUT2D eigenvalue weighted by atomic mass is 16.5. The van der Waals surface area contributed by atoms with E-state index in [1.165, 1.54) is 16.7 Å². The zero-order valence-corrected chi connectivity index (χ0v) is 16.3. The Morgan fingerprint density at radius 2 is 1.68 bits per heavy atom. The summed E-state index contributed by atoms with van der Waals surface area (Å²) in [5.74, 6) is 0.877. The molecular weight excluding hydrogens is 344 g/mol. The third-order valence-electron chi connectivity index (χ3n) is 5.19. The number of benzene rings is 2. The Labute approximate surface area is 167 Å². The second-order valence-electron chi connectivity index (χ2n) is 7.26. The lowest BCUT2D eigenvalue weighted by molar-refractivity contribution is 0.293. The van der Waals surface area contributed by atoms with Gasteiger partial charge in [0.05, 0.1) is 11.4 Å². The first kappa shape index (κ1) is 18.5. The maximum absolute atomic E-state index is 5.91. The predicted octanol–water partition coefficient (Wildman–Crippen LogP) is 5.26. The highest BCUT2D eigenvalue weighted by Gasteiger charge is 2.15. The normalized spacial score (nSPS) is 14.5. The smallest absolute Gasteiger partial charge is 0.130 e. The van der Waals surface area contributed by atoms with Gasteiger partial charge in [-0.1, -0.05) is 60.7 Å². The molecule has 1 aliphatic rings. The molecule has 0 unspecified atom stereocenters. The zero-order chi connectivity index (χ0) is 19.2. The van der Waals surface area contributed by atoms with Crippen LogP contribution in [0.3, 0.4) is 0 Å². The number of aromatic nitrogens is 1. The Balaban J connectivity index is 1.41. The van der Waals surface area contributed by atoms with Gasteiger partial charge in [0.1, 0.15) is 12.4 Å². The number of para-hydroxylation sites is 1. The first-order valence-corrected chi connectivity index (χ1v) is 9.88. The third-order valence-corrected chi connectivity index (χ3v) is 5.19. The van der Waals surface area contributed by atoms with Gasteiger partial charge in [0.25, 0.3) is 0 Å². The molecule has 3 heteroatoms. The molecule has 2 aromatic carbocycles. The van der Waals surface area contributed by atoms with Crippen molar-refractivity contribution in [2.24, 2.45) is 0 Å². The lowest BCUT2D eigenvalue weighted by atomic mass is 10.0. The summed E-state index contributed by atoms with van der Waals surface area (Å²) in [6, 6.07) is 24.9. The Morgan fingerprint density at radius 1 is 0.929 bits per heavy atom. The van der Waals surface area contributed by atoms with Crippen LogP contribution in [-0.2, 0) is 13.2 Å². The van der Waals surface area contributed by atoms with Crippen LogP contribution in [0.5, 0.6) is 5.75 Å². The Bertz CT molecular complexity index is 935. The maximum atomic E-state index is 5.91. The van der Waals surface area contributed by atoms with Crippen molar-refractivity contribution in [2.75, 3.05) is 13.1 Å². The molecule has 1 aromatic heterocycles. The van der Waals surface area contributed by atoms with E-state index < -0.39 is 0 Å². The summed E-state index contributed by atoms with van der Waals surface area (Å²) in [6.45, 7) is 5.62. The van der Waals surface area contributed by atoms with Gasteiger partial charge in [-0.25, -0.2) is 4.98 Å². The number of aryl methyl sites for hydroxylation is 1. The van der Waals surface area contributed by atoms with Gasteiger partial charge >= 0.3 is 0 Å². The van der Waals surface area contributed by atoms with Crippen molar-refractivity contribution < 1.29 is 4.74 Å². The molecular formula is C25H26N2O. The zero-order valence-electron chi connectivity index (χ0n) is 16.3. The molecule has 0 radical (unpaired) electrons.